The van der Waals surface area contributed by atoms with Crippen molar-refractivity contribution in [2.45, 2.75) is 6.92 Å². The van der Waals surface area contributed by atoms with Crippen LogP contribution in [-0.2, 0) is 0 Å². The fourth-order valence-corrected chi connectivity index (χ4v) is 2.32. The van der Waals surface area contributed by atoms with Crippen LogP contribution in [0.3, 0.4) is 0 Å². The van der Waals surface area contributed by atoms with Crippen molar-refractivity contribution < 1.29 is 9.18 Å². The average Bonchev–Trinajstić information content (AvgIpc) is 2.43. The number of carbonyl (C=O) groups is 1. The first-order valence-electron chi connectivity index (χ1n) is 6.34. The first kappa shape index (κ1) is 16.5. The van der Waals surface area contributed by atoms with E-state index >= 15 is 0 Å². The highest BCUT2D eigenvalue weighted by Gasteiger charge is 2.12. The maximum Gasteiger partial charge on any atom is 0.254 e. The average molecular weight is 294 g/mol. The molecule has 3 N–H and O–H groups in total. The third kappa shape index (κ3) is 5.24. The van der Waals surface area contributed by atoms with Gasteiger partial charge in [0.05, 0.1) is 12.1 Å². The van der Waals surface area contributed by atoms with Crippen LogP contribution in [0.1, 0.15) is 22.8 Å². The second-order valence-corrected chi connectivity index (χ2v) is 5.38. The molecule has 20 heavy (non-hydrogen) atoms. The van der Waals surface area contributed by atoms with Gasteiger partial charge in [-0.05, 0) is 36.1 Å². The predicted octanol–water partition coefficient (Wildman–Crippen LogP) is 1.86. The van der Waals surface area contributed by atoms with Gasteiger partial charge in [-0.25, -0.2) is 4.39 Å². The fraction of sp³-hybridized carbons (Fsp3) is 0.400. The van der Waals surface area contributed by atoms with Crippen molar-refractivity contribution in [1.82, 2.24) is 5.32 Å². The summed E-state index contributed by atoms with van der Waals surface area (Å²) in [5, 5.41) is 2.74. The van der Waals surface area contributed by atoms with Crippen LogP contribution < -0.4 is 11.1 Å². The van der Waals surface area contributed by atoms with Gasteiger partial charge in [-0.3, -0.25) is 4.79 Å². The quantitative estimate of drug-likeness (QED) is 0.815. The molecule has 0 heterocycles. The molecule has 0 aromatic heterocycles. The molecule has 108 valence electrons. The monoisotopic (exact) mass is 294 g/mol. The Kier molecular flexibility index (Phi) is 7.13. The highest BCUT2D eigenvalue weighted by atomic mass is 32.2. The Morgan fingerprint density at radius 1 is 1.55 bits per heavy atom. The van der Waals surface area contributed by atoms with Crippen molar-refractivity contribution >= 4 is 17.7 Å². The SMILES string of the molecule is CSCC(C)CNC(=O)c1ccc(C#CCN)cc1F. The molecule has 0 fully saturated rings. The summed E-state index contributed by atoms with van der Waals surface area (Å²) in [6, 6.07) is 4.32. The smallest absolute Gasteiger partial charge is 0.254 e. The maximum atomic E-state index is 13.8. The molecule has 0 radical (unpaired) electrons. The number of amides is 1. The molecular weight excluding hydrogens is 275 g/mol. The van der Waals surface area contributed by atoms with Gasteiger partial charge in [0.15, 0.2) is 0 Å². The van der Waals surface area contributed by atoms with Gasteiger partial charge in [0.2, 0.25) is 0 Å². The van der Waals surface area contributed by atoms with Crippen LogP contribution in [0.25, 0.3) is 0 Å². The lowest BCUT2D eigenvalue weighted by Crippen LogP contribution is -2.29. The van der Waals surface area contributed by atoms with Gasteiger partial charge in [-0.2, -0.15) is 11.8 Å². The number of carbonyl (C=O) groups excluding carboxylic acids is 1. The van der Waals surface area contributed by atoms with Gasteiger partial charge in [0.1, 0.15) is 5.82 Å². The Balaban J connectivity index is 2.69. The van der Waals surface area contributed by atoms with E-state index in [1.165, 1.54) is 12.1 Å². The molecule has 0 spiro atoms. The topological polar surface area (TPSA) is 55.1 Å². The highest BCUT2D eigenvalue weighted by Crippen LogP contribution is 2.10. The van der Waals surface area contributed by atoms with Crippen molar-refractivity contribution in [2.24, 2.45) is 11.7 Å². The van der Waals surface area contributed by atoms with Crippen molar-refractivity contribution in [1.29, 1.82) is 0 Å². The third-order valence-corrected chi connectivity index (χ3v) is 3.51. The number of halogens is 1. The molecule has 0 saturated heterocycles. The van der Waals surface area contributed by atoms with E-state index in [9.17, 15) is 9.18 Å². The first-order valence-corrected chi connectivity index (χ1v) is 7.73. The lowest BCUT2D eigenvalue weighted by atomic mass is 10.1. The molecule has 1 aromatic rings. The molecule has 1 atom stereocenters. The molecule has 0 aliphatic heterocycles. The minimum absolute atomic E-state index is 0.0413. The Hall–Kier alpha value is -1.51. The molecule has 0 aliphatic carbocycles. The molecule has 0 saturated carbocycles. The summed E-state index contributed by atoms with van der Waals surface area (Å²) in [5.74, 6) is 5.72. The van der Waals surface area contributed by atoms with E-state index in [-0.39, 0.29) is 12.1 Å². The van der Waals surface area contributed by atoms with Gasteiger partial charge in [-0.1, -0.05) is 18.8 Å². The Morgan fingerprint density at radius 3 is 2.90 bits per heavy atom. The van der Waals surface area contributed by atoms with E-state index < -0.39 is 11.7 Å². The second-order valence-electron chi connectivity index (χ2n) is 4.47. The summed E-state index contributed by atoms with van der Waals surface area (Å²) in [6.45, 7) is 2.80. The van der Waals surface area contributed by atoms with Gasteiger partial charge >= 0.3 is 0 Å². The van der Waals surface area contributed by atoms with Crippen molar-refractivity contribution in [2.75, 3.05) is 25.1 Å². The zero-order valence-electron chi connectivity index (χ0n) is 11.7. The van der Waals surface area contributed by atoms with E-state index in [4.69, 9.17) is 5.73 Å². The van der Waals surface area contributed by atoms with Gasteiger partial charge < -0.3 is 11.1 Å². The predicted molar refractivity (Wildman–Crippen MR) is 82.2 cm³/mol. The van der Waals surface area contributed by atoms with Gasteiger partial charge in [-0.15, -0.1) is 0 Å². The van der Waals surface area contributed by atoms with Crippen molar-refractivity contribution in [3.8, 4) is 11.8 Å². The van der Waals surface area contributed by atoms with Crippen LogP contribution >= 0.6 is 11.8 Å². The Morgan fingerprint density at radius 2 is 2.30 bits per heavy atom. The van der Waals surface area contributed by atoms with E-state index in [2.05, 4.69) is 17.2 Å². The summed E-state index contributed by atoms with van der Waals surface area (Å²) in [6.07, 6.45) is 2.01. The van der Waals surface area contributed by atoms with E-state index in [0.717, 1.165) is 5.75 Å². The normalized spacial score (nSPS) is 11.4. The molecule has 5 heteroatoms. The van der Waals surface area contributed by atoms with Crippen LogP contribution in [0.15, 0.2) is 18.2 Å². The van der Waals surface area contributed by atoms with Crippen molar-refractivity contribution in [3.63, 3.8) is 0 Å². The number of nitrogens with two attached hydrogens (primary N) is 1. The molecule has 3 nitrogen and oxygen atoms in total. The summed E-state index contributed by atoms with van der Waals surface area (Å²) in [5.41, 5.74) is 5.81. The summed E-state index contributed by atoms with van der Waals surface area (Å²) < 4.78 is 13.8. The Bertz CT molecular complexity index is 522. The van der Waals surface area contributed by atoms with Gasteiger partial charge in [0, 0.05) is 12.1 Å². The zero-order chi connectivity index (χ0) is 15.0. The van der Waals surface area contributed by atoms with Crippen LogP contribution in [0.5, 0.6) is 0 Å². The van der Waals surface area contributed by atoms with E-state index in [1.807, 2.05) is 13.2 Å². The summed E-state index contributed by atoms with van der Waals surface area (Å²) >= 11 is 1.72. The van der Waals surface area contributed by atoms with E-state index in [1.54, 1.807) is 17.8 Å². The number of thioether (sulfide) groups is 1. The van der Waals surface area contributed by atoms with Crippen LogP contribution in [0.4, 0.5) is 4.39 Å². The third-order valence-electron chi connectivity index (χ3n) is 2.61. The molecular formula is C15H19FN2OS. The van der Waals surface area contributed by atoms with E-state index in [0.29, 0.717) is 18.0 Å². The standard InChI is InChI=1S/C15H19FN2OS/c1-11(10-20-2)9-18-15(19)13-6-5-12(4-3-7-17)8-14(13)16/h5-6,8,11H,7,9-10,17H2,1-2H3,(H,18,19). The summed E-state index contributed by atoms with van der Waals surface area (Å²) in [7, 11) is 0. The lowest BCUT2D eigenvalue weighted by molar-refractivity contribution is 0.0945. The molecule has 1 aromatic carbocycles. The number of rotatable bonds is 5. The molecule has 0 aliphatic rings. The zero-order valence-corrected chi connectivity index (χ0v) is 12.5. The minimum Gasteiger partial charge on any atom is -0.352 e. The number of hydrogen-bond acceptors (Lipinski definition) is 3. The van der Waals surface area contributed by atoms with Crippen LogP contribution in [-0.4, -0.2) is 31.0 Å². The van der Waals surface area contributed by atoms with Crippen LogP contribution in [0, 0.1) is 23.6 Å². The lowest BCUT2D eigenvalue weighted by Gasteiger charge is -2.11. The Labute approximate surface area is 123 Å². The van der Waals surface area contributed by atoms with Gasteiger partial charge in [0.25, 0.3) is 5.91 Å². The molecule has 1 unspecified atom stereocenters. The fourth-order valence-electron chi connectivity index (χ4n) is 1.64. The number of nitrogens with one attached hydrogen (secondary N) is 1. The highest BCUT2D eigenvalue weighted by molar-refractivity contribution is 7.98. The molecule has 1 rings (SSSR count). The van der Waals surface area contributed by atoms with Crippen LogP contribution in [0.2, 0.25) is 0 Å². The largest absolute Gasteiger partial charge is 0.352 e. The number of benzene rings is 1. The summed E-state index contributed by atoms with van der Waals surface area (Å²) in [4.78, 5) is 11.9. The number of hydrogen-bond donors (Lipinski definition) is 2. The van der Waals surface area contributed by atoms with Crippen molar-refractivity contribution in [3.05, 3.63) is 35.1 Å². The molecule has 1 amide bonds. The molecule has 0 bridgehead atoms. The first-order chi connectivity index (χ1) is 9.58. The maximum absolute atomic E-state index is 13.8. The minimum atomic E-state index is -0.566. The second kappa shape index (κ2) is 8.62.